The number of aromatic nitrogens is 2. The van der Waals surface area contributed by atoms with E-state index in [2.05, 4.69) is 9.97 Å². The first-order valence-electron chi connectivity index (χ1n) is 7.45. The zero-order chi connectivity index (χ0) is 15.8. The number of carbonyl (C=O) groups excluding carboxylic acids is 1. The smallest absolute Gasteiger partial charge is 0.227 e. The van der Waals surface area contributed by atoms with E-state index >= 15 is 0 Å². The minimum Gasteiger partial charge on any atom is -0.386 e. The number of pyridine rings is 2. The standard InChI is InChI=1S/C17H21N3O2/c1-2-9-20(13-16(21)15-6-4-8-19-12-15)17(22)10-14-5-3-7-18-11-14/h3-8,11-12,16,21H,2,9-10,13H2,1H3. The molecule has 2 aromatic rings. The van der Waals surface area contributed by atoms with Crippen LogP contribution in [0.1, 0.15) is 30.6 Å². The Hall–Kier alpha value is -2.27. The molecule has 2 heterocycles. The summed E-state index contributed by atoms with van der Waals surface area (Å²) in [5.41, 5.74) is 1.60. The molecule has 1 N–H and O–H groups in total. The maximum absolute atomic E-state index is 12.4. The molecule has 5 heteroatoms. The topological polar surface area (TPSA) is 66.3 Å². The third-order valence-electron chi connectivity index (χ3n) is 3.39. The third kappa shape index (κ3) is 4.63. The summed E-state index contributed by atoms with van der Waals surface area (Å²) in [7, 11) is 0. The predicted octanol–water partition coefficient (Wildman–Crippen LogP) is 1.99. The van der Waals surface area contributed by atoms with E-state index in [0.717, 1.165) is 17.5 Å². The fourth-order valence-electron chi connectivity index (χ4n) is 2.26. The largest absolute Gasteiger partial charge is 0.386 e. The Bertz CT molecular complexity index is 575. The highest BCUT2D eigenvalue weighted by molar-refractivity contribution is 5.78. The van der Waals surface area contributed by atoms with Crippen LogP contribution in [0.15, 0.2) is 49.1 Å². The van der Waals surface area contributed by atoms with Crippen molar-refractivity contribution in [1.29, 1.82) is 0 Å². The molecule has 0 aliphatic heterocycles. The summed E-state index contributed by atoms with van der Waals surface area (Å²) in [6.07, 6.45) is 7.09. The van der Waals surface area contributed by atoms with Gasteiger partial charge in [0.05, 0.1) is 19.1 Å². The van der Waals surface area contributed by atoms with Crippen LogP contribution < -0.4 is 0 Å². The molecule has 0 saturated carbocycles. The lowest BCUT2D eigenvalue weighted by atomic mass is 10.1. The fourth-order valence-corrected chi connectivity index (χ4v) is 2.26. The summed E-state index contributed by atoms with van der Waals surface area (Å²) >= 11 is 0. The van der Waals surface area contributed by atoms with E-state index in [1.165, 1.54) is 0 Å². The van der Waals surface area contributed by atoms with E-state index < -0.39 is 6.10 Å². The maximum atomic E-state index is 12.4. The normalized spacial score (nSPS) is 11.9. The maximum Gasteiger partial charge on any atom is 0.227 e. The molecule has 5 nitrogen and oxygen atoms in total. The van der Waals surface area contributed by atoms with Gasteiger partial charge < -0.3 is 10.0 Å². The first kappa shape index (κ1) is 16.1. The molecule has 2 rings (SSSR count). The van der Waals surface area contributed by atoms with E-state index in [1.54, 1.807) is 35.8 Å². The second kappa shape index (κ2) is 8.24. The van der Waals surface area contributed by atoms with Crippen LogP contribution in [-0.4, -0.2) is 39.0 Å². The van der Waals surface area contributed by atoms with Gasteiger partial charge in [-0.2, -0.15) is 0 Å². The molecule has 0 spiro atoms. The number of amides is 1. The van der Waals surface area contributed by atoms with Crippen molar-refractivity contribution >= 4 is 5.91 Å². The van der Waals surface area contributed by atoms with E-state index in [9.17, 15) is 9.90 Å². The Labute approximate surface area is 130 Å². The molecule has 0 aromatic carbocycles. The molecule has 1 amide bonds. The third-order valence-corrected chi connectivity index (χ3v) is 3.39. The summed E-state index contributed by atoms with van der Waals surface area (Å²) in [6, 6.07) is 7.29. The molecule has 116 valence electrons. The molecule has 1 unspecified atom stereocenters. The van der Waals surface area contributed by atoms with Crippen LogP contribution in [0.3, 0.4) is 0 Å². The van der Waals surface area contributed by atoms with Crippen LogP contribution in [0.4, 0.5) is 0 Å². The van der Waals surface area contributed by atoms with Gasteiger partial charge in [0, 0.05) is 36.9 Å². The number of aliphatic hydroxyl groups excluding tert-OH is 1. The number of hydrogen-bond acceptors (Lipinski definition) is 4. The number of hydrogen-bond donors (Lipinski definition) is 1. The van der Waals surface area contributed by atoms with Crippen molar-refractivity contribution < 1.29 is 9.90 Å². The molecule has 22 heavy (non-hydrogen) atoms. The van der Waals surface area contributed by atoms with Gasteiger partial charge in [0.2, 0.25) is 5.91 Å². The summed E-state index contributed by atoms with van der Waals surface area (Å²) in [4.78, 5) is 22.2. The minimum atomic E-state index is -0.724. The van der Waals surface area contributed by atoms with Crippen LogP contribution >= 0.6 is 0 Å². The van der Waals surface area contributed by atoms with E-state index in [1.807, 2.05) is 25.1 Å². The molecule has 2 aromatic heterocycles. The van der Waals surface area contributed by atoms with Crippen molar-refractivity contribution in [1.82, 2.24) is 14.9 Å². The first-order valence-corrected chi connectivity index (χ1v) is 7.45. The van der Waals surface area contributed by atoms with Gasteiger partial charge in [0.15, 0.2) is 0 Å². The predicted molar refractivity (Wildman–Crippen MR) is 84.0 cm³/mol. The first-order chi connectivity index (χ1) is 10.7. The van der Waals surface area contributed by atoms with Gasteiger partial charge in [-0.3, -0.25) is 14.8 Å². The SMILES string of the molecule is CCCN(CC(O)c1cccnc1)C(=O)Cc1cccnc1. The Balaban J connectivity index is 2.01. The van der Waals surface area contributed by atoms with Crippen LogP contribution in [0.25, 0.3) is 0 Å². The van der Waals surface area contributed by atoms with Gasteiger partial charge in [-0.15, -0.1) is 0 Å². The number of nitrogens with zero attached hydrogens (tertiary/aromatic N) is 3. The summed E-state index contributed by atoms with van der Waals surface area (Å²) in [5, 5.41) is 10.3. The van der Waals surface area contributed by atoms with Gasteiger partial charge in [0.25, 0.3) is 0 Å². The van der Waals surface area contributed by atoms with Gasteiger partial charge in [-0.1, -0.05) is 19.1 Å². The van der Waals surface area contributed by atoms with Gasteiger partial charge in [0.1, 0.15) is 0 Å². The lowest BCUT2D eigenvalue weighted by Crippen LogP contribution is -2.36. The van der Waals surface area contributed by atoms with Crippen molar-refractivity contribution in [2.45, 2.75) is 25.9 Å². The summed E-state index contributed by atoms with van der Waals surface area (Å²) in [5.74, 6) is -0.00205. The van der Waals surface area contributed by atoms with Crippen molar-refractivity contribution in [2.75, 3.05) is 13.1 Å². The lowest BCUT2D eigenvalue weighted by Gasteiger charge is -2.25. The van der Waals surface area contributed by atoms with Crippen LogP contribution in [0.5, 0.6) is 0 Å². The molecule has 0 radical (unpaired) electrons. The Morgan fingerprint density at radius 2 is 1.95 bits per heavy atom. The van der Waals surface area contributed by atoms with Crippen molar-refractivity contribution in [3.8, 4) is 0 Å². The monoisotopic (exact) mass is 299 g/mol. The summed E-state index contributed by atoms with van der Waals surface area (Å²) in [6.45, 7) is 2.91. The molecule has 0 aliphatic rings. The van der Waals surface area contributed by atoms with E-state index in [0.29, 0.717) is 13.0 Å². The highest BCUT2D eigenvalue weighted by Gasteiger charge is 2.18. The van der Waals surface area contributed by atoms with Crippen LogP contribution in [-0.2, 0) is 11.2 Å². The highest BCUT2D eigenvalue weighted by atomic mass is 16.3. The van der Waals surface area contributed by atoms with Gasteiger partial charge >= 0.3 is 0 Å². The quantitative estimate of drug-likeness (QED) is 0.849. The second-order valence-electron chi connectivity index (χ2n) is 5.18. The lowest BCUT2D eigenvalue weighted by molar-refractivity contribution is -0.132. The van der Waals surface area contributed by atoms with Gasteiger partial charge in [-0.05, 0) is 24.1 Å². The molecular formula is C17H21N3O2. The number of aliphatic hydroxyl groups is 1. The zero-order valence-electron chi connectivity index (χ0n) is 12.7. The number of rotatable bonds is 7. The Kier molecular flexibility index (Phi) is 6.03. The molecule has 1 atom stereocenters. The van der Waals surface area contributed by atoms with Crippen molar-refractivity contribution in [3.05, 3.63) is 60.2 Å². The molecule has 0 bridgehead atoms. The van der Waals surface area contributed by atoms with Crippen LogP contribution in [0.2, 0.25) is 0 Å². The Morgan fingerprint density at radius 3 is 2.55 bits per heavy atom. The Morgan fingerprint density at radius 1 is 1.23 bits per heavy atom. The zero-order valence-corrected chi connectivity index (χ0v) is 12.7. The van der Waals surface area contributed by atoms with E-state index in [-0.39, 0.29) is 12.5 Å². The molecule has 0 fully saturated rings. The second-order valence-corrected chi connectivity index (χ2v) is 5.18. The number of carbonyl (C=O) groups is 1. The minimum absolute atomic E-state index is 0.00205. The van der Waals surface area contributed by atoms with E-state index in [4.69, 9.17) is 0 Å². The molecular weight excluding hydrogens is 278 g/mol. The fraction of sp³-hybridized carbons (Fsp3) is 0.353. The van der Waals surface area contributed by atoms with Crippen molar-refractivity contribution in [3.63, 3.8) is 0 Å². The summed E-state index contributed by atoms with van der Waals surface area (Å²) < 4.78 is 0. The average Bonchev–Trinajstić information content (AvgIpc) is 2.56. The average molecular weight is 299 g/mol. The van der Waals surface area contributed by atoms with Crippen LogP contribution in [0, 0.1) is 0 Å². The highest BCUT2D eigenvalue weighted by Crippen LogP contribution is 2.14. The van der Waals surface area contributed by atoms with Crippen molar-refractivity contribution in [2.24, 2.45) is 0 Å². The van der Waals surface area contributed by atoms with Gasteiger partial charge in [-0.25, -0.2) is 0 Å². The molecule has 0 aliphatic carbocycles. The molecule has 0 saturated heterocycles.